The molecule has 0 aliphatic heterocycles. The molecule has 0 bridgehead atoms. The average Bonchev–Trinajstić information content (AvgIpc) is 3.26. The van der Waals surface area contributed by atoms with Crippen molar-refractivity contribution in [3.63, 3.8) is 0 Å². The van der Waals surface area contributed by atoms with Crippen molar-refractivity contribution in [2.45, 2.75) is 87.0 Å². The number of aliphatic hydroxyl groups is 2. The molecule has 0 atom stereocenters. The first kappa shape index (κ1) is 73.5. The average molecular weight is 1280 g/mol. The van der Waals surface area contributed by atoms with E-state index in [9.17, 15) is 0 Å². The second-order valence-electron chi connectivity index (χ2n) is 11.5. The van der Waals surface area contributed by atoms with Crippen LogP contribution >= 0.6 is 126 Å². The number of unbranched alkanes of at least 4 members (excludes halogenated alkanes) is 3. The smallest absolute Gasteiger partial charge is 0.397 e. The summed E-state index contributed by atoms with van der Waals surface area (Å²) in [5.74, 6) is 1.11. The van der Waals surface area contributed by atoms with E-state index in [1.54, 1.807) is 13.8 Å². The van der Waals surface area contributed by atoms with Crippen molar-refractivity contribution >= 4 is 126 Å². The summed E-state index contributed by atoms with van der Waals surface area (Å²) < 4.78 is 5.33. The first-order valence-corrected chi connectivity index (χ1v) is 25.2. The molecule has 2 heterocycles. The predicted molar refractivity (Wildman–Crippen MR) is 288 cm³/mol. The summed E-state index contributed by atoms with van der Waals surface area (Å²) in [5, 5.41) is 15.3. The van der Waals surface area contributed by atoms with Gasteiger partial charge in [0.15, 0.2) is 11.6 Å². The van der Waals surface area contributed by atoms with Crippen molar-refractivity contribution in [1.29, 1.82) is 0 Å². The molecule has 8 nitrogen and oxygen atoms in total. The van der Waals surface area contributed by atoms with Crippen LogP contribution in [0.2, 0.25) is 21.1 Å². The predicted octanol–water partition coefficient (Wildman–Crippen LogP) is 11.9. The van der Waals surface area contributed by atoms with E-state index in [0.717, 1.165) is 39.9 Å². The van der Waals surface area contributed by atoms with E-state index in [2.05, 4.69) is 157 Å². The van der Waals surface area contributed by atoms with Gasteiger partial charge in [-0.15, -0.1) is 0 Å². The maximum atomic E-state index is 7.57. The molecule has 19 heteroatoms. The van der Waals surface area contributed by atoms with Gasteiger partial charge in [-0.2, -0.15) is 61.7 Å². The summed E-state index contributed by atoms with van der Waals surface area (Å²) in [4.78, 5) is 23.3. The van der Waals surface area contributed by atoms with E-state index in [0.29, 0.717) is 11.6 Å². The number of benzene rings is 4. The van der Waals surface area contributed by atoms with Gasteiger partial charge in [-0.3, -0.25) is 0 Å². The number of hydrogen-bond acceptors (Lipinski definition) is 8. The van der Waals surface area contributed by atoms with Gasteiger partial charge in [0, 0.05) is 42.2 Å². The second-order valence-corrected chi connectivity index (χ2v) is 17.5. The van der Waals surface area contributed by atoms with Gasteiger partial charge in [-0.1, -0.05) is 175 Å². The molecule has 348 valence electrons. The van der Waals surface area contributed by atoms with Gasteiger partial charge in [0.1, 0.15) is 0 Å². The molecule has 0 aliphatic carbocycles. The van der Waals surface area contributed by atoms with Crippen LogP contribution in [0.3, 0.4) is 0 Å². The zero-order chi connectivity index (χ0) is 48.4. The molecule has 0 radical (unpaired) electrons. The molecule has 0 fully saturated rings. The maximum Gasteiger partial charge on any atom is 1.00 e. The van der Waals surface area contributed by atoms with Crippen molar-refractivity contribution in [3.8, 4) is 22.8 Å². The number of aliphatic hydroxyl groups excluding tert-OH is 2. The van der Waals surface area contributed by atoms with Crippen LogP contribution in [0.5, 0.6) is 0 Å². The fraction of sp³-hybridized carbons (Fsp3) is 0.326. The number of rotatable bonds is 5. The SMILES string of the molecule is Brc1cc[c-]cc1.Brc1ccc(Br)cc1.CCCC.CCCC.CCO.CCO.Clc1nc(-c2ccc(Br)cc2)nc(-c2ccc(Br)cc2)n1.Clc1nc(Cl)nc(Cl)n1.[CH2-]CCC.[Li+].[Li+]. The molecule has 4 aromatic carbocycles. The minimum Gasteiger partial charge on any atom is -0.397 e. The fourth-order valence-electron chi connectivity index (χ4n) is 2.91. The van der Waals surface area contributed by atoms with Gasteiger partial charge in [0.2, 0.25) is 21.1 Å². The third-order valence-electron chi connectivity index (χ3n) is 6.20. The monoisotopic (exact) mass is 1270 g/mol. The Morgan fingerprint density at radius 3 is 0.831 bits per heavy atom. The van der Waals surface area contributed by atoms with E-state index in [1.165, 1.54) is 32.1 Å². The van der Waals surface area contributed by atoms with E-state index in [4.69, 9.17) is 56.6 Å². The zero-order valence-corrected chi connectivity index (χ0v) is 49.5. The van der Waals surface area contributed by atoms with Gasteiger partial charge in [0.05, 0.1) is 0 Å². The zero-order valence-electron chi connectivity index (χ0n) is 38.6. The van der Waals surface area contributed by atoms with Gasteiger partial charge in [-0.05, 0) is 109 Å². The van der Waals surface area contributed by atoms with Crippen molar-refractivity contribution in [2.24, 2.45) is 0 Å². The summed E-state index contributed by atoms with van der Waals surface area (Å²) in [6.07, 6.45) is 7.56. The van der Waals surface area contributed by atoms with E-state index in [1.807, 2.05) is 97.1 Å². The van der Waals surface area contributed by atoms with E-state index < -0.39 is 0 Å². The molecule has 0 saturated carbocycles. The van der Waals surface area contributed by atoms with E-state index >= 15 is 0 Å². The Labute approximate surface area is 475 Å². The minimum atomic E-state index is 0. The van der Waals surface area contributed by atoms with Crippen LogP contribution in [0.4, 0.5) is 0 Å². The van der Waals surface area contributed by atoms with Crippen molar-refractivity contribution in [2.75, 3.05) is 13.2 Å². The Kier molecular flexibility index (Phi) is 58.2. The Balaban J connectivity index is -0.000000231. The molecule has 0 unspecified atom stereocenters. The van der Waals surface area contributed by atoms with Crippen molar-refractivity contribution in [3.05, 3.63) is 154 Å². The number of aromatic nitrogens is 6. The number of halogens is 9. The molecule has 0 saturated heterocycles. The quantitative estimate of drug-likeness (QED) is 0.129. The van der Waals surface area contributed by atoms with Crippen LogP contribution in [0.1, 0.15) is 87.0 Å². The van der Waals surface area contributed by atoms with Gasteiger partial charge in [0.25, 0.3) is 0 Å². The molecule has 6 rings (SSSR count). The fourth-order valence-corrected chi connectivity index (χ4v) is 5.00. The summed E-state index contributed by atoms with van der Waals surface area (Å²) in [5.41, 5.74) is 1.78. The molecule has 2 aromatic heterocycles. The Morgan fingerprint density at radius 1 is 0.415 bits per heavy atom. The third kappa shape index (κ3) is 45.8. The van der Waals surface area contributed by atoms with Crippen molar-refractivity contribution < 1.29 is 47.9 Å². The summed E-state index contributed by atoms with van der Waals surface area (Å²) in [7, 11) is 0. The number of nitrogens with zero attached hydrogens (tertiary/aromatic N) is 6. The molecular formula is C46H57Br5Cl4Li2N6O2. The topological polar surface area (TPSA) is 118 Å². The minimum absolute atomic E-state index is 0. The van der Waals surface area contributed by atoms with Crippen molar-refractivity contribution in [1.82, 2.24) is 29.9 Å². The molecule has 0 spiro atoms. The Morgan fingerprint density at radius 2 is 0.631 bits per heavy atom. The second kappa shape index (κ2) is 51.4. The molecule has 0 amide bonds. The van der Waals surface area contributed by atoms with Gasteiger partial charge >= 0.3 is 37.7 Å². The standard InChI is InChI=1S/C15H8Br2ClN3.C6H4Br2.C6H4Br.2C4H10.C4H9.C3Cl3N3.2C2H6O.2Li/c16-11-5-1-9(2-6-11)13-19-14(21-15(18)20-13)10-3-7-12(17)8-4-10;7-5-1-2-6(8)4-3-5;7-6-4-2-1-3-5-6;3*1-3-4-2;4-1-7-2(5)9-3(6)8-1;2*1-2-3;;/h1-8H;1-4H;2-5H;2*3-4H2,1-2H3;1,3-4H2,2H3;;2*3H,2H2,1H3;;/q;;-1;;;-1;;;;2*+1. The molecule has 0 aliphatic rings. The molecule has 2 N–H and O–H groups in total. The van der Waals surface area contributed by atoms with Gasteiger partial charge < -0.3 is 17.1 Å². The van der Waals surface area contributed by atoms with E-state index in [-0.39, 0.29) is 72.1 Å². The maximum absolute atomic E-state index is 7.57. The summed E-state index contributed by atoms with van der Waals surface area (Å²) >= 11 is 38.7. The van der Waals surface area contributed by atoms with Crippen LogP contribution in [-0.4, -0.2) is 53.3 Å². The van der Waals surface area contributed by atoms with Crippen LogP contribution in [0.25, 0.3) is 22.8 Å². The normalized spacial score (nSPS) is 8.78. The number of hydrogen-bond donors (Lipinski definition) is 2. The molecular weight excluding hydrogens is 1220 g/mol. The largest absolute Gasteiger partial charge is 1.00 e. The molecule has 6 aromatic rings. The van der Waals surface area contributed by atoms with Gasteiger partial charge in [-0.25, -0.2) is 4.98 Å². The van der Waals surface area contributed by atoms with Crippen LogP contribution in [0, 0.1) is 13.0 Å². The Hall–Kier alpha value is -0.425. The van der Waals surface area contributed by atoms with Crippen LogP contribution in [0.15, 0.2) is 119 Å². The first-order valence-electron chi connectivity index (χ1n) is 19.8. The summed E-state index contributed by atoms with van der Waals surface area (Å²) in [6, 6.07) is 34.0. The Bertz CT molecular complexity index is 1800. The van der Waals surface area contributed by atoms with Crippen LogP contribution in [-0.2, 0) is 0 Å². The molecule has 65 heavy (non-hydrogen) atoms. The van der Waals surface area contributed by atoms with Crippen LogP contribution < -0.4 is 37.7 Å². The first-order chi connectivity index (χ1) is 30.0. The summed E-state index contributed by atoms with van der Waals surface area (Å²) in [6.45, 7) is 18.3. The third-order valence-corrected chi connectivity index (χ3v) is 9.52.